The summed E-state index contributed by atoms with van der Waals surface area (Å²) in [5, 5.41) is 28.1. The first kappa shape index (κ1) is 27.5. The van der Waals surface area contributed by atoms with E-state index in [4.69, 9.17) is 14.5 Å². The molecule has 9 rings (SSSR count). The van der Waals surface area contributed by atoms with Crippen LogP contribution < -0.4 is 9.64 Å². The van der Waals surface area contributed by atoms with Crippen molar-refractivity contribution >= 4 is 33.3 Å². The molecule has 0 aliphatic carbocycles. The maximum Gasteiger partial charge on any atom is 0.176 e. The Hall–Kier alpha value is -4.77. The summed E-state index contributed by atoms with van der Waals surface area (Å²) < 4.78 is 12.5. The van der Waals surface area contributed by atoms with Gasteiger partial charge in [-0.3, -0.25) is 15.1 Å². The Kier molecular flexibility index (Phi) is 6.55. The Morgan fingerprint density at radius 1 is 0.826 bits per heavy atom. The van der Waals surface area contributed by atoms with Gasteiger partial charge in [0.15, 0.2) is 17.3 Å². The first-order valence-electron chi connectivity index (χ1n) is 16.0. The Balaban J connectivity index is 1.08. The number of aromatic amines is 2. The molecule has 3 aliphatic heterocycles. The Bertz CT molecular complexity index is 2080. The maximum absolute atomic E-state index is 11.6. The molecule has 3 unspecified atom stereocenters. The largest absolute Gasteiger partial charge is 0.451 e. The number of piperidine rings is 1. The number of benzene rings is 3. The van der Waals surface area contributed by atoms with E-state index in [1.165, 1.54) is 6.42 Å². The van der Waals surface area contributed by atoms with E-state index in [9.17, 15) is 5.11 Å². The Morgan fingerprint density at radius 3 is 2.30 bits per heavy atom. The number of nitrogens with zero attached hydrogens (tertiary/aromatic N) is 5. The molecule has 10 heteroatoms. The minimum absolute atomic E-state index is 0.402. The lowest BCUT2D eigenvalue weighted by atomic mass is 9.88. The number of nitrogens with one attached hydrogen (secondary N) is 2. The molecule has 3 aliphatic rings. The number of ether oxygens (including phenoxy) is 2. The molecule has 10 nitrogen and oxygen atoms in total. The molecule has 3 aromatic heterocycles. The lowest BCUT2D eigenvalue weighted by Gasteiger charge is -2.42. The van der Waals surface area contributed by atoms with E-state index >= 15 is 0 Å². The van der Waals surface area contributed by atoms with E-state index < -0.39 is 6.10 Å². The molecule has 46 heavy (non-hydrogen) atoms. The number of fused-ring (bicyclic) bond motifs is 6. The predicted molar refractivity (Wildman–Crippen MR) is 178 cm³/mol. The molecule has 3 N–H and O–H groups in total. The van der Waals surface area contributed by atoms with Gasteiger partial charge in [-0.2, -0.15) is 10.2 Å². The molecule has 2 bridgehead atoms. The highest BCUT2D eigenvalue weighted by molar-refractivity contribution is 5.88. The normalized spacial score (nSPS) is 20.0. The number of aryl methyl sites for hydroxylation is 1. The van der Waals surface area contributed by atoms with Crippen molar-refractivity contribution in [3.63, 3.8) is 0 Å². The number of aliphatic hydroxyl groups excluding tert-OH is 1. The van der Waals surface area contributed by atoms with Gasteiger partial charge in [0.2, 0.25) is 0 Å². The van der Waals surface area contributed by atoms with Crippen LogP contribution in [0, 0.1) is 18.8 Å². The number of hydrogen-bond donors (Lipinski definition) is 3. The van der Waals surface area contributed by atoms with Crippen molar-refractivity contribution in [3.05, 3.63) is 78.8 Å². The maximum atomic E-state index is 11.6. The molecule has 3 aromatic carbocycles. The molecule has 3 atom stereocenters. The molecular weight excluding hydrogens is 578 g/mol. The average molecular weight is 614 g/mol. The minimum atomic E-state index is -0.577. The number of pyridine rings is 1. The SMILES string of the molecule is Cc1cc2c(cc1-c1ccc3[nH]ncc3c1)Oc1cc(-c3ccc4[nH]ncc4c3)cnc1N2CC(O)CN1CC2COCC(C2)C1. The molecule has 6 aromatic rings. The van der Waals surface area contributed by atoms with Gasteiger partial charge in [0.1, 0.15) is 0 Å². The van der Waals surface area contributed by atoms with Crippen molar-refractivity contribution in [3.8, 4) is 33.8 Å². The molecule has 2 saturated heterocycles. The van der Waals surface area contributed by atoms with Gasteiger partial charge in [0.25, 0.3) is 0 Å². The molecule has 0 saturated carbocycles. The number of aromatic nitrogens is 5. The summed E-state index contributed by atoms with van der Waals surface area (Å²) in [6.07, 6.45) is 6.21. The van der Waals surface area contributed by atoms with Gasteiger partial charge in [-0.15, -0.1) is 0 Å². The van der Waals surface area contributed by atoms with Crippen molar-refractivity contribution in [2.45, 2.75) is 19.4 Å². The zero-order chi connectivity index (χ0) is 30.8. The summed E-state index contributed by atoms with van der Waals surface area (Å²) in [5.74, 6) is 3.20. The van der Waals surface area contributed by atoms with Crippen LogP contribution in [0.2, 0.25) is 0 Å². The van der Waals surface area contributed by atoms with Crippen LogP contribution >= 0.6 is 0 Å². The molecular formula is C36H35N7O3. The van der Waals surface area contributed by atoms with Crippen molar-refractivity contribution in [1.29, 1.82) is 0 Å². The van der Waals surface area contributed by atoms with Gasteiger partial charge in [0.05, 0.1) is 55.0 Å². The van der Waals surface area contributed by atoms with E-state index in [1.54, 1.807) is 0 Å². The van der Waals surface area contributed by atoms with Crippen LogP contribution in [-0.4, -0.2) is 80.9 Å². The summed E-state index contributed by atoms with van der Waals surface area (Å²) in [5.41, 5.74) is 8.16. The van der Waals surface area contributed by atoms with Crippen LogP contribution in [-0.2, 0) is 4.74 Å². The third-order valence-corrected chi connectivity index (χ3v) is 9.70. The zero-order valence-electron chi connectivity index (χ0n) is 25.6. The Labute approximate surface area is 266 Å². The van der Waals surface area contributed by atoms with Crippen molar-refractivity contribution in [2.75, 3.05) is 44.3 Å². The summed E-state index contributed by atoms with van der Waals surface area (Å²) >= 11 is 0. The quantitative estimate of drug-likeness (QED) is 0.208. The molecule has 6 heterocycles. The van der Waals surface area contributed by atoms with Crippen LogP contribution in [0.3, 0.4) is 0 Å². The number of rotatable bonds is 6. The summed E-state index contributed by atoms with van der Waals surface area (Å²) in [6, 6.07) is 18.8. The summed E-state index contributed by atoms with van der Waals surface area (Å²) in [4.78, 5) is 9.50. The second-order valence-electron chi connectivity index (χ2n) is 13.1. The number of anilines is 2. The van der Waals surface area contributed by atoms with E-state index in [2.05, 4.69) is 85.6 Å². The average Bonchev–Trinajstić information content (AvgIpc) is 3.73. The first-order chi connectivity index (χ1) is 22.5. The topological polar surface area (TPSA) is 115 Å². The van der Waals surface area contributed by atoms with Gasteiger partial charge in [-0.05, 0) is 89.9 Å². The van der Waals surface area contributed by atoms with Gasteiger partial charge in [0, 0.05) is 42.2 Å². The van der Waals surface area contributed by atoms with Crippen LogP contribution in [0.5, 0.6) is 11.5 Å². The number of aliphatic hydroxyl groups is 1. The molecule has 2 fully saturated rings. The zero-order valence-corrected chi connectivity index (χ0v) is 25.6. The molecule has 0 amide bonds. The molecule has 232 valence electrons. The van der Waals surface area contributed by atoms with Crippen LogP contribution in [0.4, 0.5) is 11.5 Å². The van der Waals surface area contributed by atoms with E-state index in [1.807, 2.05) is 24.7 Å². The predicted octanol–water partition coefficient (Wildman–Crippen LogP) is 6.05. The van der Waals surface area contributed by atoms with Gasteiger partial charge >= 0.3 is 0 Å². The fourth-order valence-corrected chi connectivity index (χ4v) is 7.58. The van der Waals surface area contributed by atoms with Crippen LogP contribution in [0.1, 0.15) is 12.0 Å². The van der Waals surface area contributed by atoms with E-state index in [0.717, 1.165) is 87.4 Å². The first-order valence-corrected chi connectivity index (χ1v) is 16.0. The fourth-order valence-electron chi connectivity index (χ4n) is 7.58. The highest BCUT2D eigenvalue weighted by atomic mass is 16.5. The fraction of sp³-hybridized carbons (Fsp3) is 0.306. The molecule has 0 radical (unpaired) electrons. The summed E-state index contributed by atoms with van der Waals surface area (Å²) in [6.45, 7) is 6.71. The van der Waals surface area contributed by atoms with Gasteiger partial charge in [-0.1, -0.05) is 12.1 Å². The van der Waals surface area contributed by atoms with Crippen LogP contribution in [0.15, 0.2) is 73.2 Å². The molecule has 0 spiro atoms. The third-order valence-electron chi connectivity index (χ3n) is 9.70. The number of likely N-dealkylation sites (tertiary alicyclic amines) is 1. The smallest absolute Gasteiger partial charge is 0.176 e. The monoisotopic (exact) mass is 613 g/mol. The van der Waals surface area contributed by atoms with Gasteiger partial charge < -0.3 is 19.5 Å². The Morgan fingerprint density at radius 2 is 1.54 bits per heavy atom. The number of H-pyrrole nitrogens is 2. The van der Waals surface area contributed by atoms with Gasteiger partial charge in [-0.25, -0.2) is 4.98 Å². The minimum Gasteiger partial charge on any atom is -0.451 e. The number of hydrogen-bond acceptors (Lipinski definition) is 8. The standard InChI is InChI=1S/C36H35N7O3/c1-21-6-33-34(11-30(21)25-3-5-32-28(9-25)14-39-41-32)46-35-10-26(24-2-4-31-27(8-24)13-38-40-31)12-37-36(35)43(33)18-29(44)17-42-15-22-7-23(16-42)20-45-19-22/h2-6,8-14,22-23,29,44H,7,15-20H2,1H3,(H,38,40)(H,39,41). The summed E-state index contributed by atoms with van der Waals surface area (Å²) in [7, 11) is 0. The highest BCUT2D eigenvalue weighted by Gasteiger charge is 2.34. The highest BCUT2D eigenvalue weighted by Crippen LogP contribution is 2.49. The number of β-amino-alcohol motifs (C(OH)–C–C–N with tert-alkyl or cyclic N) is 1. The van der Waals surface area contributed by atoms with Crippen molar-refractivity contribution < 1.29 is 14.6 Å². The second-order valence-corrected chi connectivity index (χ2v) is 13.1. The van der Waals surface area contributed by atoms with E-state index in [-0.39, 0.29) is 0 Å². The van der Waals surface area contributed by atoms with E-state index in [0.29, 0.717) is 36.5 Å². The lowest BCUT2D eigenvalue weighted by molar-refractivity contribution is -0.0484. The third kappa shape index (κ3) is 4.89. The lowest BCUT2D eigenvalue weighted by Crippen LogP contribution is -2.50. The van der Waals surface area contributed by atoms with Crippen LogP contribution in [0.25, 0.3) is 44.1 Å². The second kappa shape index (κ2) is 10.9. The van der Waals surface area contributed by atoms with Crippen molar-refractivity contribution in [2.24, 2.45) is 11.8 Å². The van der Waals surface area contributed by atoms with Crippen molar-refractivity contribution in [1.82, 2.24) is 30.3 Å².